The van der Waals surface area contributed by atoms with Gasteiger partial charge < -0.3 is 10.6 Å². The molecule has 1 aliphatic carbocycles. The molecule has 2 atom stereocenters. The van der Waals surface area contributed by atoms with E-state index in [-0.39, 0.29) is 5.92 Å². The van der Waals surface area contributed by atoms with Gasteiger partial charge in [0.2, 0.25) is 0 Å². The van der Waals surface area contributed by atoms with Gasteiger partial charge in [-0.1, -0.05) is 42.3 Å². The van der Waals surface area contributed by atoms with Crippen LogP contribution in [0.25, 0.3) is 5.57 Å². The van der Waals surface area contributed by atoms with Crippen LogP contribution in [0.3, 0.4) is 0 Å². The second-order valence-electron chi connectivity index (χ2n) is 4.89. The van der Waals surface area contributed by atoms with Crippen molar-refractivity contribution in [2.24, 2.45) is 5.92 Å². The molecule has 3 nitrogen and oxygen atoms in total. The number of nitrogens with zero attached hydrogens (tertiary/aromatic N) is 1. The van der Waals surface area contributed by atoms with E-state index < -0.39 is 5.92 Å². The van der Waals surface area contributed by atoms with Gasteiger partial charge in [-0.15, -0.1) is 6.42 Å². The Kier molecular flexibility index (Phi) is 3.19. The van der Waals surface area contributed by atoms with Gasteiger partial charge in [0.1, 0.15) is 11.7 Å². The summed E-state index contributed by atoms with van der Waals surface area (Å²) in [5.74, 6) is 3.18. The van der Waals surface area contributed by atoms with Crippen LogP contribution >= 0.6 is 0 Å². The van der Waals surface area contributed by atoms with Gasteiger partial charge in [-0.25, -0.2) is 0 Å². The van der Waals surface area contributed by atoms with Gasteiger partial charge in [0.05, 0.1) is 6.07 Å². The number of hydrogen-bond donors (Lipinski definition) is 2. The third kappa shape index (κ3) is 1.94. The molecule has 0 bridgehead atoms. The summed E-state index contributed by atoms with van der Waals surface area (Å²) < 4.78 is 0. The molecule has 1 fully saturated rings. The first-order valence-electron chi connectivity index (χ1n) is 6.70. The van der Waals surface area contributed by atoms with E-state index in [1.165, 1.54) is 0 Å². The largest absolute Gasteiger partial charge is 0.370 e. The highest BCUT2D eigenvalue weighted by Crippen LogP contribution is 2.37. The van der Waals surface area contributed by atoms with Crippen LogP contribution in [0.4, 0.5) is 0 Å². The lowest BCUT2D eigenvalue weighted by Crippen LogP contribution is -2.17. The minimum atomic E-state index is -0.427. The van der Waals surface area contributed by atoms with Gasteiger partial charge in [0, 0.05) is 24.6 Å². The molecule has 20 heavy (non-hydrogen) atoms. The van der Waals surface area contributed by atoms with E-state index in [2.05, 4.69) is 40.8 Å². The zero-order valence-corrected chi connectivity index (χ0v) is 11.1. The summed E-state index contributed by atoms with van der Waals surface area (Å²) in [7, 11) is 0. The number of allylic oxidation sites excluding steroid dienone is 3. The van der Waals surface area contributed by atoms with Crippen molar-refractivity contribution in [3.05, 3.63) is 53.4 Å². The molecule has 1 aromatic carbocycles. The van der Waals surface area contributed by atoms with Crippen LogP contribution in [0.15, 0.2) is 42.2 Å². The van der Waals surface area contributed by atoms with Crippen LogP contribution in [-0.4, -0.2) is 13.1 Å². The quantitative estimate of drug-likeness (QED) is 0.760. The number of benzene rings is 1. The number of hydrogen-bond acceptors (Lipinski definition) is 3. The predicted octanol–water partition coefficient (Wildman–Crippen LogP) is 1.97. The lowest BCUT2D eigenvalue weighted by atomic mass is 9.79. The first kappa shape index (κ1) is 12.4. The Morgan fingerprint density at radius 1 is 1.25 bits per heavy atom. The fourth-order valence-electron chi connectivity index (χ4n) is 2.78. The second kappa shape index (κ2) is 5.15. The van der Waals surface area contributed by atoms with Crippen LogP contribution in [-0.2, 0) is 0 Å². The molecule has 0 spiro atoms. The number of rotatable bonds is 1. The molecule has 1 heterocycles. The maximum atomic E-state index is 9.22. The average molecular weight is 261 g/mol. The van der Waals surface area contributed by atoms with Gasteiger partial charge in [-0.2, -0.15) is 5.26 Å². The summed E-state index contributed by atoms with van der Waals surface area (Å²) in [4.78, 5) is 0. The molecular formula is C17H15N3. The molecule has 0 amide bonds. The normalized spacial score (nSPS) is 21.2. The van der Waals surface area contributed by atoms with Crippen molar-refractivity contribution in [2.45, 2.75) is 5.92 Å². The summed E-state index contributed by atoms with van der Waals surface area (Å²) in [5.41, 5.74) is 3.41. The van der Waals surface area contributed by atoms with E-state index >= 15 is 0 Å². The van der Waals surface area contributed by atoms with Crippen molar-refractivity contribution >= 4 is 5.57 Å². The second-order valence-corrected chi connectivity index (χ2v) is 4.89. The van der Waals surface area contributed by atoms with Crippen LogP contribution in [0.1, 0.15) is 17.0 Å². The van der Waals surface area contributed by atoms with Crippen LogP contribution in [0.5, 0.6) is 0 Å². The summed E-state index contributed by atoms with van der Waals surface area (Å²) in [6, 6.07) is 10.4. The van der Waals surface area contributed by atoms with Crippen molar-refractivity contribution in [3.8, 4) is 18.4 Å². The SMILES string of the molecule is C#CC(C#N)C1C=CC(=C2NCCN2)c2ccccc21. The van der Waals surface area contributed by atoms with Crippen molar-refractivity contribution < 1.29 is 0 Å². The van der Waals surface area contributed by atoms with Gasteiger partial charge in [-0.3, -0.25) is 0 Å². The smallest absolute Gasteiger partial charge is 0.117 e. The Bertz CT molecular complexity index is 648. The van der Waals surface area contributed by atoms with Gasteiger partial charge in [0.25, 0.3) is 0 Å². The summed E-state index contributed by atoms with van der Waals surface area (Å²) >= 11 is 0. The highest BCUT2D eigenvalue weighted by atomic mass is 15.2. The molecule has 3 rings (SSSR count). The maximum Gasteiger partial charge on any atom is 0.117 e. The molecule has 2 unspecified atom stereocenters. The lowest BCUT2D eigenvalue weighted by Gasteiger charge is -2.24. The van der Waals surface area contributed by atoms with Crippen LogP contribution in [0.2, 0.25) is 0 Å². The first-order valence-corrected chi connectivity index (χ1v) is 6.70. The highest BCUT2D eigenvalue weighted by Gasteiger charge is 2.26. The van der Waals surface area contributed by atoms with E-state index in [0.717, 1.165) is 35.6 Å². The Balaban J connectivity index is 2.12. The molecule has 1 saturated heterocycles. The fraction of sp³-hybridized carbons (Fsp3) is 0.235. The Morgan fingerprint density at radius 3 is 2.70 bits per heavy atom. The monoisotopic (exact) mass is 261 g/mol. The molecule has 2 aliphatic rings. The van der Waals surface area contributed by atoms with Crippen LogP contribution < -0.4 is 10.6 Å². The standard InChI is InChI=1S/C17H15N3/c1-2-12(11-18)13-7-8-16(17-19-9-10-20-17)15-6-4-3-5-14(13)15/h1,3-8,12-13,19-20H,9-10H2. The average Bonchev–Trinajstić information content (AvgIpc) is 3.02. The molecular weight excluding hydrogens is 246 g/mol. The van der Waals surface area contributed by atoms with Crippen molar-refractivity contribution in [1.82, 2.24) is 10.6 Å². The molecule has 98 valence electrons. The Morgan fingerprint density at radius 2 is 2.00 bits per heavy atom. The van der Waals surface area contributed by atoms with Crippen molar-refractivity contribution in [1.29, 1.82) is 5.26 Å². The number of fused-ring (bicyclic) bond motifs is 1. The molecule has 1 aromatic rings. The Labute approximate surface area is 119 Å². The van der Waals surface area contributed by atoms with Crippen molar-refractivity contribution in [2.75, 3.05) is 13.1 Å². The molecule has 2 N–H and O–H groups in total. The fourth-order valence-corrected chi connectivity index (χ4v) is 2.78. The molecule has 3 heteroatoms. The van der Waals surface area contributed by atoms with E-state index in [1.807, 2.05) is 18.2 Å². The zero-order chi connectivity index (χ0) is 13.9. The minimum absolute atomic E-state index is 0.0352. The summed E-state index contributed by atoms with van der Waals surface area (Å²) in [6.07, 6.45) is 9.59. The molecule has 0 radical (unpaired) electrons. The van der Waals surface area contributed by atoms with E-state index in [4.69, 9.17) is 6.42 Å². The topological polar surface area (TPSA) is 47.9 Å². The van der Waals surface area contributed by atoms with Crippen LogP contribution in [0, 0.1) is 29.6 Å². The highest BCUT2D eigenvalue weighted by molar-refractivity contribution is 5.81. The summed E-state index contributed by atoms with van der Waals surface area (Å²) in [5, 5.41) is 15.9. The third-order valence-electron chi connectivity index (χ3n) is 3.76. The lowest BCUT2D eigenvalue weighted by molar-refractivity contribution is 0.735. The first-order chi connectivity index (χ1) is 9.85. The van der Waals surface area contributed by atoms with Gasteiger partial charge in [0.15, 0.2) is 0 Å². The number of nitriles is 1. The zero-order valence-electron chi connectivity index (χ0n) is 11.1. The maximum absolute atomic E-state index is 9.22. The third-order valence-corrected chi connectivity index (χ3v) is 3.76. The van der Waals surface area contributed by atoms with E-state index in [1.54, 1.807) is 0 Å². The predicted molar refractivity (Wildman–Crippen MR) is 79.2 cm³/mol. The number of terminal acetylenes is 1. The van der Waals surface area contributed by atoms with E-state index in [9.17, 15) is 5.26 Å². The molecule has 0 aromatic heterocycles. The van der Waals surface area contributed by atoms with Crippen molar-refractivity contribution in [3.63, 3.8) is 0 Å². The van der Waals surface area contributed by atoms with E-state index in [0.29, 0.717) is 0 Å². The van der Waals surface area contributed by atoms with Gasteiger partial charge in [-0.05, 0) is 11.1 Å². The minimum Gasteiger partial charge on any atom is -0.370 e. The van der Waals surface area contributed by atoms with Gasteiger partial charge >= 0.3 is 0 Å². The summed E-state index contributed by atoms with van der Waals surface area (Å²) in [6.45, 7) is 1.87. The molecule has 0 saturated carbocycles. The molecule has 1 aliphatic heterocycles. The Hall–Kier alpha value is -2.65. The number of nitrogens with one attached hydrogen (secondary N) is 2.